The summed E-state index contributed by atoms with van der Waals surface area (Å²) in [7, 11) is 0. The summed E-state index contributed by atoms with van der Waals surface area (Å²) in [5.41, 5.74) is -0.544. The number of hydrogen-bond acceptors (Lipinski definition) is 5. The molecule has 1 aromatic rings. The first-order chi connectivity index (χ1) is 11.3. The number of alkyl halides is 1. The lowest BCUT2D eigenvalue weighted by molar-refractivity contribution is -0.00944. The number of ether oxygens (including phenoxy) is 2. The normalized spacial score (nSPS) is 17.5. The molecule has 134 valence electrons. The van der Waals surface area contributed by atoms with E-state index in [4.69, 9.17) is 9.47 Å². The molecule has 0 bridgehead atoms. The monoisotopic (exact) mass is 340 g/mol. The second kappa shape index (κ2) is 7.79. The number of aliphatic hydroxyl groups is 1. The number of aliphatic hydroxyl groups excluding tert-OH is 1. The van der Waals surface area contributed by atoms with Gasteiger partial charge >= 0.3 is 6.09 Å². The fourth-order valence-corrected chi connectivity index (χ4v) is 2.38. The minimum atomic E-state index is -1.10. The fourth-order valence-electron chi connectivity index (χ4n) is 2.38. The lowest BCUT2D eigenvalue weighted by atomic mass is 10.1. The van der Waals surface area contributed by atoms with Crippen LogP contribution in [0.5, 0.6) is 5.88 Å². The molecule has 1 unspecified atom stereocenters. The maximum Gasteiger partial charge on any atom is 0.410 e. The summed E-state index contributed by atoms with van der Waals surface area (Å²) in [5, 5.41) is 9.56. The Hall–Kier alpha value is -1.89. The molecule has 1 saturated heterocycles. The van der Waals surface area contributed by atoms with Crippen LogP contribution in [0, 0.1) is 0 Å². The Morgan fingerprint density at radius 3 is 2.71 bits per heavy atom. The number of halogens is 1. The second-order valence-electron chi connectivity index (χ2n) is 6.64. The molecule has 2 heterocycles. The van der Waals surface area contributed by atoms with Crippen LogP contribution in [0.2, 0.25) is 0 Å². The van der Waals surface area contributed by atoms with Crippen LogP contribution in [0.25, 0.3) is 0 Å². The first-order valence-electron chi connectivity index (χ1n) is 8.16. The number of pyridine rings is 1. The first-order valence-corrected chi connectivity index (χ1v) is 8.16. The van der Waals surface area contributed by atoms with Gasteiger partial charge in [-0.1, -0.05) is 6.07 Å². The Balaban J connectivity index is 1.85. The van der Waals surface area contributed by atoms with Crippen molar-refractivity contribution in [1.29, 1.82) is 0 Å². The smallest absolute Gasteiger partial charge is 0.410 e. The van der Waals surface area contributed by atoms with E-state index < -0.39 is 24.5 Å². The number of aromatic nitrogens is 1. The van der Waals surface area contributed by atoms with Gasteiger partial charge in [-0.2, -0.15) is 0 Å². The molecule has 1 fully saturated rings. The van der Waals surface area contributed by atoms with Crippen LogP contribution in [0.1, 0.15) is 45.4 Å². The minimum Gasteiger partial charge on any atom is -0.474 e. The predicted molar refractivity (Wildman–Crippen MR) is 86.6 cm³/mol. The summed E-state index contributed by atoms with van der Waals surface area (Å²) in [6.07, 6.45) is 0.0895. The van der Waals surface area contributed by atoms with Crippen LogP contribution in [0.15, 0.2) is 18.2 Å². The molecule has 24 heavy (non-hydrogen) atoms. The van der Waals surface area contributed by atoms with Gasteiger partial charge in [0.15, 0.2) is 0 Å². The van der Waals surface area contributed by atoms with Gasteiger partial charge in [0.2, 0.25) is 5.88 Å². The number of likely N-dealkylation sites (tertiary alicyclic amines) is 1. The van der Waals surface area contributed by atoms with Crippen molar-refractivity contribution in [3.05, 3.63) is 23.9 Å². The third kappa shape index (κ3) is 5.06. The average molecular weight is 340 g/mol. The quantitative estimate of drug-likeness (QED) is 0.892. The molecule has 1 aliphatic rings. The third-order valence-corrected chi connectivity index (χ3v) is 3.85. The van der Waals surface area contributed by atoms with E-state index in [1.165, 1.54) is 0 Å². The van der Waals surface area contributed by atoms with E-state index in [2.05, 4.69) is 4.98 Å². The Morgan fingerprint density at radius 1 is 1.46 bits per heavy atom. The van der Waals surface area contributed by atoms with Crippen LogP contribution in [0.3, 0.4) is 0 Å². The molecule has 7 heteroatoms. The topological polar surface area (TPSA) is 71.9 Å². The van der Waals surface area contributed by atoms with Crippen LogP contribution < -0.4 is 4.74 Å². The molecule has 0 radical (unpaired) electrons. The van der Waals surface area contributed by atoms with E-state index in [0.717, 1.165) is 0 Å². The van der Waals surface area contributed by atoms with Gasteiger partial charge in [-0.25, -0.2) is 14.2 Å². The van der Waals surface area contributed by atoms with E-state index in [0.29, 0.717) is 37.5 Å². The fraction of sp³-hybridized carbons (Fsp3) is 0.647. The highest BCUT2D eigenvalue weighted by Gasteiger charge is 2.29. The molecule has 1 amide bonds. The number of rotatable bonds is 5. The molecule has 1 aromatic heterocycles. The van der Waals surface area contributed by atoms with Gasteiger partial charge < -0.3 is 19.5 Å². The highest BCUT2D eigenvalue weighted by Crippen LogP contribution is 2.21. The number of nitrogens with zero attached hydrogens (tertiary/aromatic N) is 2. The molecule has 0 aromatic carbocycles. The van der Waals surface area contributed by atoms with E-state index in [1.807, 2.05) is 0 Å². The molecule has 1 N–H and O–H groups in total. The summed E-state index contributed by atoms with van der Waals surface area (Å²) in [6.45, 7) is 4.99. The highest BCUT2D eigenvalue weighted by atomic mass is 19.1. The van der Waals surface area contributed by atoms with Crippen molar-refractivity contribution >= 4 is 6.09 Å². The van der Waals surface area contributed by atoms with Crippen LogP contribution >= 0.6 is 0 Å². The predicted octanol–water partition coefficient (Wildman–Crippen LogP) is 2.86. The van der Waals surface area contributed by atoms with Gasteiger partial charge in [0.1, 0.15) is 18.4 Å². The van der Waals surface area contributed by atoms with E-state index in [-0.39, 0.29) is 6.10 Å². The number of carbonyl (C=O) groups excluding carboxylic acids is 1. The van der Waals surface area contributed by atoms with Crippen molar-refractivity contribution in [3.8, 4) is 5.88 Å². The molecule has 0 spiro atoms. The lowest BCUT2D eigenvalue weighted by Gasteiger charge is -2.33. The Kier molecular flexibility index (Phi) is 5.99. The molecular formula is C17H25FN2O4. The average Bonchev–Trinajstić information content (AvgIpc) is 2.55. The maximum atomic E-state index is 12.8. The summed E-state index contributed by atoms with van der Waals surface area (Å²) in [6, 6.07) is 5.27. The van der Waals surface area contributed by atoms with Gasteiger partial charge in [-0.3, -0.25) is 0 Å². The van der Waals surface area contributed by atoms with Crippen molar-refractivity contribution in [2.75, 3.05) is 19.8 Å². The molecule has 2 rings (SSSR count). The summed E-state index contributed by atoms with van der Waals surface area (Å²) in [5.74, 6) is 0.466. The van der Waals surface area contributed by atoms with Crippen molar-refractivity contribution in [2.45, 2.75) is 51.4 Å². The van der Waals surface area contributed by atoms with Crippen molar-refractivity contribution in [3.63, 3.8) is 0 Å². The van der Waals surface area contributed by atoms with Gasteiger partial charge in [0, 0.05) is 32.0 Å². The molecule has 0 aliphatic carbocycles. The summed E-state index contributed by atoms with van der Waals surface area (Å²) >= 11 is 0. The zero-order chi connectivity index (χ0) is 17.7. The van der Waals surface area contributed by atoms with Crippen molar-refractivity contribution in [2.24, 2.45) is 0 Å². The first kappa shape index (κ1) is 18.4. The van der Waals surface area contributed by atoms with Gasteiger partial charge in [0.25, 0.3) is 0 Å². The number of amides is 1. The zero-order valence-electron chi connectivity index (χ0n) is 14.4. The standard InChI is InChI=1S/C17H25FN2O4/c1-12(21)14-5-4-6-15(19-14)23-13-7-9-20(10-8-13)16(22)24-17(2,3)11-18/h4-6,12-13,21H,7-11H2,1-3H3. The van der Waals surface area contributed by atoms with Crippen molar-refractivity contribution in [1.82, 2.24) is 9.88 Å². The van der Waals surface area contributed by atoms with Crippen LogP contribution in [-0.4, -0.2) is 52.6 Å². The van der Waals surface area contributed by atoms with E-state index in [9.17, 15) is 14.3 Å². The van der Waals surface area contributed by atoms with Gasteiger partial charge in [0.05, 0.1) is 11.8 Å². The van der Waals surface area contributed by atoms with Crippen molar-refractivity contribution < 1.29 is 23.8 Å². The SMILES string of the molecule is CC(O)c1cccc(OC2CCN(C(=O)OC(C)(C)CF)CC2)n1. The summed E-state index contributed by atoms with van der Waals surface area (Å²) in [4.78, 5) is 17.8. The van der Waals surface area contributed by atoms with E-state index >= 15 is 0 Å². The Labute approximate surface area is 141 Å². The third-order valence-electron chi connectivity index (χ3n) is 3.85. The second-order valence-corrected chi connectivity index (χ2v) is 6.64. The lowest BCUT2D eigenvalue weighted by Crippen LogP contribution is -2.45. The number of carbonyl (C=O) groups is 1. The number of hydrogen-bond donors (Lipinski definition) is 1. The maximum absolute atomic E-state index is 12.8. The largest absolute Gasteiger partial charge is 0.474 e. The van der Waals surface area contributed by atoms with E-state index in [1.54, 1.807) is 43.9 Å². The van der Waals surface area contributed by atoms with Gasteiger partial charge in [-0.05, 0) is 26.8 Å². The minimum absolute atomic E-state index is 0.0556. The molecule has 0 saturated carbocycles. The number of piperidine rings is 1. The zero-order valence-corrected chi connectivity index (χ0v) is 14.4. The molecule has 6 nitrogen and oxygen atoms in total. The van der Waals surface area contributed by atoms with Crippen LogP contribution in [-0.2, 0) is 4.74 Å². The van der Waals surface area contributed by atoms with Gasteiger partial charge in [-0.15, -0.1) is 0 Å². The Bertz CT molecular complexity index is 557. The van der Waals surface area contributed by atoms with Crippen LogP contribution in [0.4, 0.5) is 9.18 Å². The molecule has 1 atom stereocenters. The summed E-state index contributed by atoms with van der Waals surface area (Å²) < 4.78 is 23.7. The highest BCUT2D eigenvalue weighted by molar-refractivity contribution is 5.68. The molecular weight excluding hydrogens is 315 g/mol. The Morgan fingerprint density at radius 2 is 2.12 bits per heavy atom. The molecule has 1 aliphatic heterocycles.